The minimum absolute atomic E-state index is 0.662. The fourth-order valence-electron chi connectivity index (χ4n) is 3.26. The number of aromatic nitrogens is 4. The lowest BCUT2D eigenvalue weighted by molar-refractivity contribution is 1.06. The van der Waals surface area contributed by atoms with Gasteiger partial charge < -0.3 is 5.32 Å². The van der Waals surface area contributed by atoms with Gasteiger partial charge in [-0.25, -0.2) is 9.97 Å². The zero-order chi connectivity index (χ0) is 18.2. The standard InChI is InChI=1S/C22H19N5/c1-15(16-5-3-2-4-6-16)25-21-13-23-11-19(26-21)20-12-24-22-10-9-18(14-27(20)22)17-7-8-17/h2-6,9-14,17H,1,7-8H2,(H,25,26). The molecule has 0 aliphatic heterocycles. The zero-order valence-corrected chi connectivity index (χ0v) is 14.8. The lowest BCUT2D eigenvalue weighted by Crippen LogP contribution is -2.01. The number of pyridine rings is 1. The van der Waals surface area contributed by atoms with Crippen LogP contribution in [0.4, 0.5) is 5.82 Å². The Bertz CT molecular complexity index is 1130. The van der Waals surface area contributed by atoms with Crippen LogP contribution in [-0.4, -0.2) is 19.4 Å². The van der Waals surface area contributed by atoms with Crippen LogP contribution in [0.1, 0.15) is 29.9 Å². The van der Waals surface area contributed by atoms with E-state index in [2.05, 4.69) is 44.6 Å². The van der Waals surface area contributed by atoms with Crippen molar-refractivity contribution >= 4 is 17.2 Å². The minimum atomic E-state index is 0.662. The molecule has 132 valence electrons. The second-order valence-electron chi connectivity index (χ2n) is 6.87. The van der Waals surface area contributed by atoms with E-state index < -0.39 is 0 Å². The topological polar surface area (TPSA) is 55.1 Å². The monoisotopic (exact) mass is 353 g/mol. The first kappa shape index (κ1) is 15.8. The maximum Gasteiger partial charge on any atom is 0.149 e. The van der Waals surface area contributed by atoms with E-state index in [9.17, 15) is 0 Å². The van der Waals surface area contributed by atoms with E-state index in [4.69, 9.17) is 4.98 Å². The van der Waals surface area contributed by atoms with Gasteiger partial charge in [0.1, 0.15) is 17.2 Å². The minimum Gasteiger partial charge on any atom is -0.339 e. The lowest BCUT2D eigenvalue weighted by Gasteiger charge is -2.10. The molecule has 0 unspecified atom stereocenters. The fraction of sp³-hybridized carbons (Fsp3) is 0.136. The highest BCUT2D eigenvalue weighted by molar-refractivity contribution is 5.74. The summed E-state index contributed by atoms with van der Waals surface area (Å²) in [7, 11) is 0. The highest BCUT2D eigenvalue weighted by Crippen LogP contribution is 2.40. The molecule has 0 bridgehead atoms. The Morgan fingerprint density at radius 2 is 1.89 bits per heavy atom. The van der Waals surface area contributed by atoms with Crippen LogP contribution in [-0.2, 0) is 0 Å². The second kappa shape index (κ2) is 6.36. The molecule has 5 heteroatoms. The van der Waals surface area contributed by atoms with Gasteiger partial charge in [0, 0.05) is 11.9 Å². The van der Waals surface area contributed by atoms with Gasteiger partial charge in [0.05, 0.1) is 24.3 Å². The number of anilines is 1. The summed E-state index contributed by atoms with van der Waals surface area (Å²) in [4.78, 5) is 13.6. The Kier molecular flexibility index (Phi) is 3.71. The average molecular weight is 353 g/mol. The first-order chi connectivity index (χ1) is 13.3. The van der Waals surface area contributed by atoms with Crippen molar-refractivity contribution in [3.8, 4) is 11.4 Å². The molecule has 0 amide bonds. The first-order valence-corrected chi connectivity index (χ1v) is 9.09. The molecule has 3 aromatic heterocycles. The Balaban J connectivity index is 1.48. The number of rotatable bonds is 5. The van der Waals surface area contributed by atoms with Crippen LogP contribution < -0.4 is 5.32 Å². The Morgan fingerprint density at radius 3 is 2.70 bits per heavy atom. The van der Waals surface area contributed by atoms with Crippen LogP contribution in [0.3, 0.4) is 0 Å². The highest BCUT2D eigenvalue weighted by Gasteiger charge is 2.24. The summed E-state index contributed by atoms with van der Waals surface area (Å²) in [6.45, 7) is 4.10. The van der Waals surface area contributed by atoms with Crippen molar-refractivity contribution in [2.45, 2.75) is 18.8 Å². The molecule has 1 aliphatic rings. The number of nitrogens with zero attached hydrogens (tertiary/aromatic N) is 4. The molecule has 0 spiro atoms. The summed E-state index contributed by atoms with van der Waals surface area (Å²) < 4.78 is 2.10. The molecule has 3 heterocycles. The lowest BCUT2D eigenvalue weighted by atomic mass is 10.2. The fourth-order valence-corrected chi connectivity index (χ4v) is 3.26. The number of hydrogen-bond acceptors (Lipinski definition) is 4. The van der Waals surface area contributed by atoms with Crippen LogP contribution in [0, 0.1) is 0 Å². The van der Waals surface area contributed by atoms with Gasteiger partial charge in [-0.15, -0.1) is 0 Å². The van der Waals surface area contributed by atoms with Crippen molar-refractivity contribution < 1.29 is 0 Å². The third kappa shape index (κ3) is 3.08. The van der Waals surface area contributed by atoms with Crippen molar-refractivity contribution in [1.82, 2.24) is 19.4 Å². The van der Waals surface area contributed by atoms with Crippen LogP contribution in [0.15, 0.2) is 73.8 Å². The van der Waals surface area contributed by atoms with Gasteiger partial charge in [0.25, 0.3) is 0 Å². The number of imidazole rings is 1. The highest BCUT2D eigenvalue weighted by atomic mass is 15.1. The molecule has 27 heavy (non-hydrogen) atoms. The van der Waals surface area contributed by atoms with Crippen LogP contribution in [0.5, 0.6) is 0 Å². The summed E-state index contributed by atoms with van der Waals surface area (Å²) in [5.74, 6) is 1.35. The van der Waals surface area contributed by atoms with Gasteiger partial charge in [-0.1, -0.05) is 43.0 Å². The maximum absolute atomic E-state index is 4.73. The zero-order valence-electron chi connectivity index (χ0n) is 14.8. The van der Waals surface area contributed by atoms with E-state index in [1.54, 1.807) is 12.4 Å². The third-order valence-corrected chi connectivity index (χ3v) is 4.88. The molecule has 0 saturated heterocycles. The van der Waals surface area contributed by atoms with Gasteiger partial charge in [-0.3, -0.25) is 9.38 Å². The largest absolute Gasteiger partial charge is 0.339 e. The molecule has 1 saturated carbocycles. The number of hydrogen-bond donors (Lipinski definition) is 1. The molecule has 1 aromatic carbocycles. The summed E-state index contributed by atoms with van der Waals surface area (Å²) in [6, 6.07) is 14.2. The molecule has 4 aromatic rings. The summed E-state index contributed by atoms with van der Waals surface area (Å²) in [6.07, 6.45) is 10.1. The normalized spacial score (nSPS) is 13.6. The smallest absolute Gasteiger partial charge is 0.149 e. The van der Waals surface area contributed by atoms with E-state index in [1.165, 1.54) is 18.4 Å². The van der Waals surface area contributed by atoms with E-state index in [-0.39, 0.29) is 0 Å². The Hall–Kier alpha value is -3.47. The molecular weight excluding hydrogens is 334 g/mol. The summed E-state index contributed by atoms with van der Waals surface area (Å²) in [5.41, 5.74) is 5.81. The molecule has 5 nitrogen and oxygen atoms in total. The predicted octanol–water partition coefficient (Wildman–Crippen LogP) is 4.75. The summed E-state index contributed by atoms with van der Waals surface area (Å²) in [5, 5.41) is 3.25. The SMILES string of the molecule is C=C(Nc1cncc(-c2cnc3ccc(C4CC4)cn23)n1)c1ccccc1. The molecule has 1 N–H and O–H groups in total. The van der Waals surface area contributed by atoms with Crippen molar-refractivity contribution in [3.63, 3.8) is 0 Å². The number of nitrogens with one attached hydrogen (secondary N) is 1. The molecular formula is C22H19N5. The van der Waals surface area contributed by atoms with Crippen LogP contribution in [0.25, 0.3) is 22.7 Å². The van der Waals surface area contributed by atoms with Crippen molar-refractivity contribution in [3.05, 3.63) is 85.0 Å². The van der Waals surface area contributed by atoms with Crippen molar-refractivity contribution in [1.29, 1.82) is 0 Å². The van der Waals surface area contributed by atoms with Crippen molar-refractivity contribution in [2.75, 3.05) is 5.32 Å². The number of fused-ring (bicyclic) bond motifs is 1. The Labute approximate surface area is 157 Å². The van der Waals surface area contributed by atoms with Crippen molar-refractivity contribution in [2.24, 2.45) is 0 Å². The molecule has 1 fully saturated rings. The van der Waals surface area contributed by atoms with Crippen LogP contribution in [0.2, 0.25) is 0 Å². The maximum atomic E-state index is 4.73. The molecule has 0 radical (unpaired) electrons. The van der Waals surface area contributed by atoms with E-state index >= 15 is 0 Å². The third-order valence-electron chi connectivity index (χ3n) is 4.88. The van der Waals surface area contributed by atoms with E-state index in [0.29, 0.717) is 11.7 Å². The average Bonchev–Trinajstić information content (AvgIpc) is 3.48. The van der Waals surface area contributed by atoms with Crippen LogP contribution >= 0.6 is 0 Å². The van der Waals surface area contributed by atoms with Gasteiger partial charge in [0.2, 0.25) is 0 Å². The van der Waals surface area contributed by atoms with Gasteiger partial charge in [-0.05, 0) is 36.0 Å². The molecule has 5 rings (SSSR count). The summed E-state index contributed by atoms with van der Waals surface area (Å²) >= 11 is 0. The second-order valence-corrected chi connectivity index (χ2v) is 6.87. The van der Waals surface area contributed by atoms with Gasteiger partial charge in [0.15, 0.2) is 0 Å². The Morgan fingerprint density at radius 1 is 1.04 bits per heavy atom. The first-order valence-electron chi connectivity index (χ1n) is 9.09. The van der Waals surface area contributed by atoms with Gasteiger partial charge in [-0.2, -0.15) is 0 Å². The number of benzene rings is 1. The van der Waals surface area contributed by atoms with E-state index in [1.807, 2.05) is 36.5 Å². The quantitative estimate of drug-likeness (QED) is 0.562. The van der Waals surface area contributed by atoms with E-state index in [0.717, 1.165) is 28.3 Å². The predicted molar refractivity (Wildman–Crippen MR) is 107 cm³/mol. The van der Waals surface area contributed by atoms with Gasteiger partial charge >= 0.3 is 0 Å². The molecule has 0 atom stereocenters. The molecule has 1 aliphatic carbocycles.